The number of nitrogens with zero attached hydrogens (tertiary/aromatic N) is 5. The number of hydrogen-bond acceptors (Lipinski definition) is 4. The molecule has 2 aliphatic rings. The summed E-state index contributed by atoms with van der Waals surface area (Å²) in [5.74, 6) is 0.631. The van der Waals surface area contributed by atoms with Crippen LogP contribution in [-0.2, 0) is 16.1 Å². The van der Waals surface area contributed by atoms with Crippen LogP contribution in [0.2, 0.25) is 5.02 Å². The molecule has 0 N–H and O–H groups in total. The van der Waals surface area contributed by atoms with Crippen LogP contribution in [0.5, 0.6) is 0 Å². The first kappa shape index (κ1) is 22.3. The Morgan fingerprint density at radius 3 is 2.34 bits per heavy atom. The summed E-state index contributed by atoms with van der Waals surface area (Å²) in [6, 6.07) is 7.58. The summed E-state index contributed by atoms with van der Waals surface area (Å²) >= 11 is 6.31. The van der Waals surface area contributed by atoms with Gasteiger partial charge < -0.3 is 14.7 Å². The third kappa shape index (κ3) is 4.37. The molecule has 1 aliphatic heterocycles. The number of benzene rings is 1. The van der Waals surface area contributed by atoms with E-state index in [1.807, 2.05) is 34.1 Å². The van der Waals surface area contributed by atoms with Gasteiger partial charge in [0.25, 0.3) is 0 Å². The number of aromatic nitrogens is 2. The van der Waals surface area contributed by atoms with Gasteiger partial charge in [-0.15, -0.1) is 0 Å². The Bertz CT molecular complexity index is 1020. The zero-order chi connectivity index (χ0) is 23.0. The second kappa shape index (κ2) is 8.94. The number of fused-ring (bicyclic) bond motifs is 1. The molecule has 9 heteroatoms. The molecule has 2 fully saturated rings. The van der Waals surface area contributed by atoms with Crippen LogP contribution in [0.3, 0.4) is 0 Å². The van der Waals surface area contributed by atoms with Gasteiger partial charge in [0.05, 0.1) is 18.1 Å². The average Bonchev–Trinajstić information content (AvgIpc) is 3.46. The Labute approximate surface area is 192 Å². The molecule has 170 valence electrons. The third-order valence-electron chi connectivity index (χ3n) is 6.76. The highest BCUT2D eigenvalue weighted by Crippen LogP contribution is 2.41. The van der Waals surface area contributed by atoms with E-state index in [1.165, 1.54) is 22.7 Å². The van der Waals surface area contributed by atoms with E-state index in [2.05, 4.69) is 5.10 Å². The van der Waals surface area contributed by atoms with Gasteiger partial charge in [0.15, 0.2) is 0 Å². The summed E-state index contributed by atoms with van der Waals surface area (Å²) < 4.78 is 1.30. The highest BCUT2D eigenvalue weighted by Gasteiger charge is 2.45. The quantitative estimate of drug-likeness (QED) is 0.706. The Balaban J connectivity index is 1.39. The van der Waals surface area contributed by atoms with Crippen LogP contribution in [0.4, 0.5) is 10.5 Å². The van der Waals surface area contributed by atoms with Gasteiger partial charge in [0, 0.05) is 51.6 Å². The van der Waals surface area contributed by atoms with Gasteiger partial charge in [-0.1, -0.05) is 29.8 Å². The maximum atomic E-state index is 12.9. The zero-order valence-electron chi connectivity index (χ0n) is 18.6. The van der Waals surface area contributed by atoms with Crippen molar-refractivity contribution in [3.05, 3.63) is 47.2 Å². The predicted octanol–water partition coefficient (Wildman–Crippen LogP) is 3.25. The maximum absolute atomic E-state index is 12.9. The summed E-state index contributed by atoms with van der Waals surface area (Å²) in [5.41, 5.74) is 1.53. The first-order valence-corrected chi connectivity index (χ1v) is 11.2. The minimum Gasteiger partial charge on any atom is -0.336 e. The van der Waals surface area contributed by atoms with Crippen LogP contribution in [0.1, 0.15) is 32.3 Å². The lowest BCUT2D eigenvalue weighted by molar-refractivity contribution is -0.131. The van der Waals surface area contributed by atoms with Gasteiger partial charge >= 0.3 is 6.03 Å². The number of anilines is 1. The van der Waals surface area contributed by atoms with Gasteiger partial charge in [-0.05, 0) is 36.3 Å². The molecule has 1 saturated heterocycles. The molecule has 0 radical (unpaired) electrons. The van der Waals surface area contributed by atoms with E-state index in [4.69, 9.17) is 11.6 Å². The van der Waals surface area contributed by atoms with Gasteiger partial charge in [0.2, 0.25) is 11.8 Å². The summed E-state index contributed by atoms with van der Waals surface area (Å²) in [5, 5.41) is 4.81. The van der Waals surface area contributed by atoms with Crippen LogP contribution >= 0.6 is 11.6 Å². The molecule has 1 aromatic carbocycles. The Morgan fingerprint density at radius 2 is 1.75 bits per heavy atom. The number of carbonyl (C=O) groups excluding carboxylic acids is 3. The molecule has 1 saturated carbocycles. The molecule has 32 heavy (non-hydrogen) atoms. The summed E-state index contributed by atoms with van der Waals surface area (Å²) in [4.78, 5) is 42.1. The van der Waals surface area contributed by atoms with Crippen molar-refractivity contribution >= 4 is 35.1 Å². The number of carbonyl (C=O) groups is 3. The Hall–Kier alpha value is -2.87. The fourth-order valence-electron chi connectivity index (χ4n) is 4.90. The van der Waals surface area contributed by atoms with E-state index in [9.17, 15) is 14.4 Å². The van der Waals surface area contributed by atoms with Crippen LogP contribution in [0.15, 0.2) is 36.7 Å². The fraction of sp³-hybridized carbons (Fsp3) is 0.478. The van der Waals surface area contributed by atoms with Crippen LogP contribution in [0.25, 0.3) is 0 Å². The highest BCUT2D eigenvalue weighted by atomic mass is 35.5. The molecular weight excluding hydrogens is 430 g/mol. The molecule has 8 nitrogen and oxygen atoms in total. The number of rotatable bonds is 4. The first-order valence-electron chi connectivity index (χ1n) is 10.8. The largest absolute Gasteiger partial charge is 0.344 e. The molecule has 1 aromatic heterocycles. The van der Waals surface area contributed by atoms with Crippen LogP contribution in [0, 0.1) is 11.8 Å². The molecule has 3 amide bonds. The van der Waals surface area contributed by atoms with Crippen molar-refractivity contribution in [1.82, 2.24) is 19.6 Å². The number of amides is 3. The molecule has 2 heterocycles. The van der Waals surface area contributed by atoms with Crippen molar-refractivity contribution in [2.45, 2.75) is 39.3 Å². The second-order valence-corrected chi connectivity index (χ2v) is 9.20. The monoisotopic (exact) mass is 457 g/mol. The lowest BCUT2D eigenvalue weighted by atomic mass is 10.0. The molecule has 0 bridgehead atoms. The van der Waals surface area contributed by atoms with Crippen molar-refractivity contribution in [3.8, 4) is 0 Å². The normalized spacial score (nSPS) is 22.0. The summed E-state index contributed by atoms with van der Waals surface area (Å²) in [7, 11) is 1.65. The molecule has 1 aliphatic carbocycles. The molecule has 2 aromatic rings. The number of likely N-dealkylation sites (tertiary alicyclic amines) is 1. The highest BCUT2D eigenvalue weighted by molar-refractivity contribution is 6.31. The van der Waals surface area contributed by atoms with Gasteiger partial charge in [-0.2, -0.15) is 9.78 Å². The van der Waals surface area contributed by atoms with Crippen molar-refractivity contribution in [2.75, 3.05) is 25.0 Å². The molecule has 4 rings (SSSR count). The lowest BCUT2D eigenvalue weighted by Crippen LogP contribution is -2.39. The summed E-state index contributed by atoms with van der Waals surface area (Å²) in [6.07, 6.45) is 4.85. The van der Waals surface area contributed by atoms with Crippen molar-refractivity contribution in [3.63, 3.8) is 0 Å². The van der Waals surface area contributed by atoms with Crippen molar-refractivity contribution in [1.29, 1.82) is 0 Å². The fourth-order valence-corrected chi connectivity index (χ4v) is 5.10. The van der Waals surface area contributed by atoms with E-state index in [0.717, 1.165) is 18.4 Å². The van der Waals surface area contributed by atoms with Crippen molar-refractivity contribution < 1.29 is 14.4 Å². The van der Waals surface area contributed by atoms with E-state index >= 15 is 0 Å². The van der Waals surface area contributed by atoms with Crippen LogP contribution in [-0.4, -0.2) is 63.6 Å². The smallest absolute Gasteiger partial charge is 0.336 e. The maximum Gasteiger partial charge on any atom is 0.344 e. The number of halogens is 1. The predicted molar refractivity (Wildman–Crippen MR) is 121 cm³/mol. The van der Waals surface area contributed by atoms with E-state index in [-0.39, 0.29) is 23.9 Å². The summed E-state index contributed by atoms with van der Waals surface area (Å²) in [6.45, 7) is 4.87. The molecular formula is C23H28ClN5O3. The Morgan fingerprint density at radius 1 is 1.09 bits per heavy atom. The topological polar surface area (TPSA) is 78.8 Å². The van der Waals surface area contributed by atoms with Gasteiger partial charge in [0.1, 0.15) is 0 Å². The SMILES string of the molecule is CC(=O)N(C)c1cnn(C(=O)N2C[C@H]3C[C@H](N(Cc4ccccc4Cl)C(C)=O)C[C@H]3C2)c1. The van der Waals surface area contributed by atoms with E-state index < -0.39 is 0 Å². The standard InChI is InChI=1S/C23H28ClN5O3/c1-15(30)26(3)21-10-25-29(14-21)23(32)27-11-18-8-20(9-19(18)12-27)28(16(2)31)13-17-6-4-5-7-22(17)24/h4-7,10,14,18-20H,8-9,11-13H2,1-3H3/t18-,19+,20+. The van der Waals surface area contributed by atoms with E-state index in [0.29, 0.717) is 42.2 Å². The minimum absolute atomic E-state index is 0.0430. The third-order valence-corrected chi connectivity index (χ3v) is 7.13. The Kier molecular flexibility index (Phi) is 6.24. The van der Waals surface area contributed by atoms with Gasteiger partial charge in [-0.3, -0.25) is 9.59 Å². The van der Waals surface area contributed by atoms with Crippen LogP contribution < -0.4 is 4.90 Å². The second-order valence-electron chi connectivity index (χ2n) is 8.79. The van der Waals surface area contributed by atoms with E-state index in [1.54, 1.807) is 20.2 Å². The zero-order valence-corrected chi connectivity index (χ0v) is 19.3. The van der Waals surface area contributed by atoms with Crippen molar-refractivity contribution in [2.24, 2.45) is 11.8 Å². The first-order chi connectivity index (χ1) is 15.2. The average molecular weight is 458 g/mol. The molecule has 3 atom stereocenters. The number of hydrogen-bond donors (Lipinski definition) is 0. The minimum atomic E-state index is -0.182. The van der Waals surface area contributed by atoms with Gasteiger partial charge in [-0.25, -0.2) is 4.79 Å². The molecule has 0 unspecified atom stereocenters. The molecule has 0 spiro atoms. The lowest BCUT2D eigenvalue weighted by Gasteiger charge is -2.30.